The highest BCUT2D eigenvalue weighted by molar-refractivity contribution is 7.99. The fraction of sp³-hybridized carbons (Fsp3) is 0.143. The number of hydrogen-bond donors (Lipinski definition) is 2. The van der Waals surface area contributed by atoms with Gasteiger partial charge in [0.2, 0.25) is 12.7 Å². The smallest absolute Gasteiger partial charge is 0.256 e. The number of thioether (sulfide) groups is 1. The minimum atomic E-state index is -0.256. The molecule has 2 heterocycles. The van der Waals surface area contributed by atoms with Crippen molar-refractivity contribution in [1.82, 2.24) is 15.5 Å². The van der Waals surface area contributed by atoms with Gasteiger partial charge in [0, 0.05) is 12.1 Å². The highest BCUT2D eigenvalue weighted by Crippen LogP contribution is 2.32. The van der Waals surface area contributed by atoms with Crippen LogP contribution >= 0.6 is 11.8 Å². The molecule has 0 atom stereocenters. The number of aromatic nitrogens is 2. The van der Waals surface area contributed by atoms with E-state index in [4.69, 9.17) is 9.47 Å². The predicted octanol–water partition coefficient (Wildman–Crippen LogP) is 2.87. The maximum Gasteiger partial charge on any atom is 0.256 e. The molecule has 3 aromatic rings. The van der Waals surface area contributed by atoms with E-state index in [2.05, 4.69) is 20.8 Å². The van der Waals surface area contributed by atoms with Crippen LogP contribution in [0.1, 0.15) is 15.9 Å². The molecule has 2 amide bonds. The molecule has 2 aromatic carbocycles. The van der Waals surface area contributed by atoms with Crippen LogP contribution < -0.4 is 20.1 Å². The first-order chi connectivity index (χ1) is 14.7. The van der Waals surface area contributed by atoms with E-state index in [0.29, 0.717) is 34.5 Å². The Morgan fingerprint density at radius 2 is 1.80 bits per heavy atom. The van der Waals surface area contributed by atoms with Crippen molar-refractivity contribution in [1.29, 1.82) is 0 Å². The normalized spacial score (nSPS) is 11.7. The van der Waals surface area contributed by atoms with Crippen LogP contribution in [0.25, 0.3) is 0 Å². The quantitative estimate of drug-likeness (QED) is 0.565. The fourth-order valence-corrected chi connectivity index (χ4v) is 3.33. The lowest BCUT2D eigenvalue weighted by molar-refractivity contribution is -0.118. The molecule has 8 nitrogen and oxygen atoms in total. The second-order valence-corrected chi connectivity index (χ2v) is 7.33. The summed E-state index contributed by atoms with van der Waals surface area (Å²) in [6, 6.07) is 17.8. The third-order valence-electron chi connectivity index (χ3n) is 4.20. The van der Waals surface area contributed by atoms with Crippen molar-refractivity contribution >= 4 is 29.4 Å². The Bertz CT molecular complexity index is 1040. The van der Waals surface area contributed by atoms with E-state index in [1.54, 1.807) is 36.4 Å². The molecule has 0 saturated carbocycles. The number of nitrogens with one attached hydrogen (secondary N) is 2. The molecule has 152 valence electrons. The van der Waals surface area contributed by atoms with Gasteiger partial charge in [0.15, 0.2) is 17.3 Å². The zero-order valence-electron chi connectivity index (χ0n) is 15.8. The molecule has 1 aliphatic rings. The first-order valence-electron chi connectivity index (χ1n) is 9.15. The van der Waals surface area contributed by atoms with Crippen LogP contribution in [0.2, 0.25) is 0 Å². The summed E-state index contributed by atoms with van der Waals surface area (Å²) < 4.78 is 10.6. The molecule has 2 N–H and O–H groups in total. The standard InChI is InChI=1S/C21H18N4O4S/c26-19(22-11-14-6-7-16-17(10-14)29-13-28-16)12-30-20-9-8-18(24-25-20)23-21(27)15-4-2-1-3-5-15/h1-10H,11-13H2,(H,22,26)(H,23,24,27). The number of carbonyl (C=O) groups is 2. The van der Waals surface area contributed by atoms with E-state index in [-0.39, 0.29) is 24.4 Å². The van der Waals surface area contributed by atoms with Gasteiger partial charge in [0.05, 0.1) is 5.75 Å². The maximum absolute atomic E-state index is 12.1. The van der Waals surface area contributed by atoms with Gasteiger partial charge in [-0.25, -0.2) is 0 Å². The van der Waals surface area contributed by atoms with Crippen molar-refractivity contribution in [3.05, 3.63) is 71.8 Å². The number of amides is 2. The number of benzene rings is 2. The zero-order valence-corrected chi connectivity index (χ0v) is 16.6. The highest BCUT2D eigenvalue weighted by Gasteiger charge is 2.13. The summed E-state index contributed by atoms with van der Waals surface area (Å²) in [5.74, 6) is 1.57. The van der Waals surface area contributed by atoms with E-state index in [1.165, 1.54) is 11.8 Å². The average Bonchev–Trinajstić information content (AvgIpc) is 3.26. The molecule has 0 spiro atoms. The number of anilines is 1. The third kappa shape index (κ3) is 5.06. The van der Waals surface area contributed by atoms with Crippen LogP contribution in [0, 0.1) is 0 Å². The Morgan fingerprint density at radius 3 is 2.60 bits per heavy atom. The first-order valence-corrected chi connectivity index (χ1v) is 10.1. The third-order valence-corrected chi connectivity index (χ3v) is 5.12. The number of rotatable bonds is 7. The zero-order chi connectivity index (χ0) is 20.8. The van der Waals surface area contributed by atoms with E-state index in [1.807, 2.05) is 24.3 Å². The van der Waals surface area contributed by atoms with Crippen molar-refractivity contribution in [2.24, 2.45) is 0 Å². The summed E-state index contributed by atoms with van der Waals surface area (Å²) in [6.45, 7) is 0.615. The van der Waals surface area contributed by atoms with Crippen LogP contribution in [-0.2, 0) is 11.3 Å². The second kappa shape index (κ2) is 9.27. The lowest BCUT2D eigenvalue weighted by Gasteiger charge is -2.07. The van der Waals surface area contributed by atoms with Crippen LogP contribution in [-0.4, -0.2) is 34.6 Å². The Balaban J connectivity index is 1.23. The molecule has 0 aliphatic carbocycles. The minimum Gasteiger partial charge on any atom is -0.454 e. The van der Waals surface area contributed by atoms with Crippen molar-refractivity contribution < 1.29 is 19.1 Å². The molecular weight excluding hydrogens is 404 g/mol. The molecule has 0 bridgehead atoms. The van der Waals surface area contributed by atoms with Crippen LogP contribution in [0.4, 0.5) is 5.82 Å². The summed E-state index contributed by atoms with van der Waals surface area (Å²) in [7, 11) is 0. The SMILES string of the molecule is O=C(CSc1ccc(NC(=O)c2ccccc2)nn1)NCc1ccc2c(c1)OCO2. The van der Waals surface area contributed by atoms with Crippen molar-refractivity contribution in [3.63, 3.8) is 0 Å². The summed E-state index contributed by atoms with van der Waals surface area (Å²) in [5, 5.41) is 14.2. The first kappa shape index (κ1) is 19.7. The average molecular weight is 422 g/mol. The molecule has 9 heteroatoms. The summed E-state index contributed by atoms with van der Waals surface area (Å²) in [4.78, 5) is 24.2. The van der Waals surface area contributed by atoms with Gasteiger partial charge in [-0.15, -0.1) is 10.2 Å². The van der Waals surface area contributed by atoms with Crippen LogP contribution in [0.3, 0.4) is 0 Å². The van der Waals surface area contributed by atoms with E-state index in [0.717, 1.165) is 5.56 Å². The highest BCUT2D eigenvalue weighted by atomic mass is 32.2. The monoisotopic (exact) mass is 422 g/mol. The Labute approximate surface area is 177 Å². The summed E-state index contributed by atoms with van der Waals surface area (Å²) in [6.07, 6.45) is 0. The Morgan fingerprint density at radius 1 is 0.967 bits per heavy atom. The lowest BCUT2D eigenvalue weighted by Crippen LogP contribution is -2.24. The number of ether oxygens (including phenoxy) is 2. The largest absolute Gasteiger partial charge is 0.454 e. The minimum absolute atomic E-state index is 0.124. The van der Waals surface area contributed by atoms with Gasteiger partial charge in [-0.05, 0) is 42.0 Å². The molecule has 1 aromatic heterocycles. The van der Waals surface area contributed by atoms with Crippen LogP contribution in [0.15, 0.2) is 65.7 Å². The molecule has 0 saturated heterocycles. The molecule has 0 radical (unpaired) electrons. The lowest BCUT2D eigenvalue weighted by atomic mass is 10.2. The Hall–Kier alpha value is -3.59. The van der Waals surface area contributed by atoms with Gasteiger partial charge >= 0.3 is 0 Å². The van der Waals surface area contributed by atoms with Crippen LogP contribution in [0.5, 0.6) is 11.5 Å². The van der Waals surface area contributed by atoms with Crippen molar-refractivity contribution in [2.75, 3.05) is 17.9 Å². The molecule has 0 unspecified atom stereocenters. The summed E-state index contributed by atoms with van der Waals surface area (Å²) in [5.41, 5.74) is 1.47. The fourth-order valence-electron chi connectivity index (χ4n) is 2.68. The topological polar surface area (TPSA) is 102 Å². The second-order valence-electron chi connectivity index (χ2n) is 6.33. The molecule has 0 fully saturated rings. The number of carbonyl (C=O) groups excluding carboxylic acids is 2. The number of nitrogens with zero attached hydrogens (tertiary/aromatic N) is 2. The molecular formula is C21H18N4O4S. The van der Waals surface area contributed by atoms with E-state index < -0.39 is 0 Å². The predicted molar refractivity (Wildman–Crippen MR) is 112 cm³/mol. The number of fused-ring (bicyclic) bond motifs is 1. The van der Waals surface area contributed by atoms with Gasteiger partial charge in [-0.1, -0.05) is 36.0 Å². The van der Waals surface area contributed by atoms with E-state index in [9.17, 15) is 9.59 Å². The Kier molecular flexibility index (Phi) is 6.09. The summed E-state index contributed by atoms with van der Waals surface area (Å²) >= 11 is 1.26. The van der Waals surface area contributed by atoms with Crippen molar-refractivity contribution in [3.8, 4) is 11.5 Å². The van der Waals surface area contributed by atoms with Gasteiger partial charge in [-0.3, -0.25) is 9.59 Å². The van der Waals surface area contributed by atoms with E-state index >= 15 is 0 Å². The van der Waals surface area contributed by atoms with Gasteiger partial charge in [-0.2, -0.15) is 0 Å². The molecule has 30 heavy (non-hydrogen) atoms. The van der Waals surface area contributed by atoms with Gasteiger partial charge in [0.25, 0.3) is 5.91 Å². The maximum atomic E-state index is 12.1. The molecule has 1 aliphatic heterocycles. The van der Waals surface area contributed by atoms with Gasteiger partial charge in [0.1, 0.15) is 5.03 Å². The molecule has 4 rings (SSSR count). The van der Waals surface area contributed by atoms with Crippen molar-refractivity contribution in [2.45, 2.75) is 11.6 Å². The van der Waals surface area contributed by atoms with Gasteiger partial charge < -0.3 is 20.1 Å². The number of hydrogen-bond acceptors (Lipinski definition) is 7.